The van der Waals surface area contributed by atoms with Crippen molar-refractivity contribution in [3.05, 3.63) is 88.7 Å². The van der Waals surface area contributed by atoms with Crippen LogP contribution in [0.1, 0.15) is 32.9 Å². The zero-order valence-electron chi connectivity index (χ0n) is 15.5. The van der Waals surface area contributed by atoms with Gasteiger partial charge in [0, 0.05) is 24.0 Å². The standard InChI is InChI=1S/C22H24N2O2/c1-16-6-4-7-18(12-16)15-26-21-9-5-8-19(13-21)22(25)23-14-20-11-10-17(2)24(20)3/h4-13H,14-15H2,1-3H3,(H,23,25). The van der Waals surface area contributed by atoms with Gasteiger partial charge in [-0.25, -0.2) is 0 Å². The summed E-state index contributed by atoms with van der Waals surface area (Å²) in [5, 5.41) is 2.96. The molecule has 0 spiro atoms. The number of carbonyl (C=O) groups excluding carboxylic acids is 1. The molecule has 4 heteroatoms. The van der Waals surface area contributed by atoms with E-state index in [-0.39, 0.29) is 5.91 Å². The van der Waals surface area contributed by atoms with E-state index in [2.05, 4.69) is 28.9 Å². The zero-order valence-corrected chi connectivity index (χ0v) is 15.5. The first-order valence-corrected chi connectivity index (χ1v) is 8.71. The number of hydrogen-bond acceptors (Lipinski definition) is 2. The highest BCUT2D eigenvalue weighted by atomic mass is 16.5. The lowest BCUT2D eigenvalue weighted by Gasteiger charge is -2.10. The molecule has 4 nitrogen and oxygen atoms in total. The van der Waals surface area contributed by atoms with E-state index in [9.17, 15) is 4.79 Å². The highest BCUT2D eigenvalue weighted by molar-refractivity contribution is 5.94. The molecule has 0 saturated heterocycles. The summed E-state index contributed by atoms with van der Waals surface area (Å²) in [6.45, 7) is 5.08. The fraction of sp³-hybridized carbons (Fsp3) is 0.227. The molecule has 1 heterocycles. The monoisotopic (exact) mass is 348 g/mol. The SMILES string of the molecule is Cc1cccc(COc2cccc(C(=O)NCc3ccc(C)n3C)c2)c1. The van der Waals surface area contributed by atoms with Crippen molar-refractivity contribution >= 4 is 5.91 Å². The number of carbonyl (C=O) groups is 1. The fourth-order valence-electron chi connectivity index (χ4n) is 2.81. The molecule has 0 bridgehead atoms. The summed E-state index contributed by atoms with van der Waals surface area (Å²) in [7, 11) is 2.00. The number of nitrogens with zero attached hydrogens (tertiary/aromatic N) is 1. The van der Waals surface area contributed by atoms with Crippen LogP contribution in [0.15, 0.2) is 60.7 Å². The minimum atomic E-state index is -0.107. The van der Waals surface area contributed by atoms with E-state index in [0.717, 1.165) is 11.3 Å². The molecule has 26 heavy (non-hydrogen) atoms. The maximum atomic E-state index is 12.4. The first kappa shape index (κ1) is 17.8. The molecule has 134 valence electrons. The van der Waals surface area contributed by atoms with Crippen LogP contribution in [-0.2, 0) is 20.2 Å². The molecule has 0 unspecified atom stereocenters. The van der Waals surface area contributed by atoms with Crippen LogP contribution in [0.25, 0.3) is 0 Å². The molecule has 0 aliphatic rings. The first-order valence-electron chi connectivity index (χ1n) is 8.71. The fourth-order valence-corrected chi connectivity index (χ4v) is 2.81. The second-order valence-corrected chi connectivity index (χ2v) is 6.51. The first-order chi connectivity index (χ1) is 12.5. The van der Waals surface area contributed by atoms with Crippen LogP contribution >= 0.6 is 0 Å². The molecular formula is C22H24N2O2. The Kier molecular flexibility index (Phi) is 5.42. The molecule has 1 amide bonds. The summed E-state index contributed by atoms with van der Waals surface area (Å²) in [5.74, 6) is 0.582. The van der Waals surface area contributed by atoms with Gasteiger partial charge in [-0.2, -0.15) is 0 Å². The molecule has 0 fully saturated rings. The molecule has 0 atom stereocenters. The van der Waals surface area contributed by atoms with Crippen molar-refractivity contribution in [3.63, 3.8) is 0 Å². The van der Waals surface area contributed by atoms with Crippen molar-refractivity contribution in [2.45, 2.75) is 27.0 Å². The van der Waals surface area contributed by atoms with E-state index < -0.39 is 0 Å². The molecule has 2 aromatic carbocycles. The molecule has 3 rings (SSSR count). The molecule has 0 radical (unpaired) electrons. The van der Waals surface area contributed by atoms with Gasteiger partial charge in [-0.05, 0) is 49.7 Å². The van der Waals surface area contributed by atoms with Gasteiger partial charge < -0.3 is 14.6 Å². The highest BCUT2D eigenvalue weighted by Gasteiger charge is 2.08. The maximum Gasteiger partial charge on any atom is 0.251 e. The number of hydrogen-bond donors (Lipinski definition) is 1. The van der Waals surface area contributed by atoms with E-state index in [1.807, 2.05) is 50.4 Å². The lowest BCUT2D eigenvalue weighted by atomic mass is 10.1. The van der Waals surface area contributed by atoms with Gasteiger partial charge in [0.1, 0.15) is 12.4 Å². The van der Waals surface area contributed by atoms with Crippen LogP contribution in [0.5, 0.6) is 5.75 Å². The van der Waals surface area contributed by atoms with E-state index in [4.69, 9.17) is 4.74 Å². The van der Waals surface area contributed by atoms with Crippen molar-refractivity contribution in [1.29, 1.82) is 0 Å². The van der Waals surface area contributed by atoms with Crippen molar-refractivity contribution < 1.29 is 9.53 Å². The molecule has 0 saturated carbocycles. The molecule has 0 aliphatic carbocycles. The third-order valence-corrected chi connectivity index (χ3v) is 4.49. The largest absolute Gasteiger partial charge is 0.489 e. The summed E-state index contributed by atoms with van der Waals surface area (Å²) in [6.07, 6.45) is 0. The summed E-state index contributed by atoms with van der Waals surface area (Å²) >= 11 is 0. The normalized spacial score (nSPS) is 10.6. The molecule has 1 aromatic heterocycles. The van der Waals surface area contributed by atoms with Gasteiger partial charge in [-0.3, -0.25) is 4.79 Å². The summed E-state index contributed by atoms with van der Waals surface area (Å²) in [6, 6.07) is 19.6. The van der Waals surface area contributed by atoms with Crippen LogP contribution in [0, 0.1) is 13.8 Å². The maximum absolute atomic E-state index is 12.4. The van der Waals surface area contributed by atoms with Gasteiger partial charge in [-0.15, -0.1) is 0 Å². The number of rotatable bonds is 6. The van der Waals surface area contributed by atoms with Crippen molar-refractivity contribution in [3.8, 4) is 5.75 Å². The van der Waals surface area contributed by atoms with Gasteiger partial charge in [0.2, 0.25) is 0 Å². The van der Waals surface area contributed by atoms with Crippen LogP contribution < -0.4 is 10.1 Å². The van der Waals surface area contributed by atoms with Gasteiger partial charge >= 0.3 is 0 Å². The smallest absolute Gasteiger partial charge is 0.251 e. The number of ether oxygens (including phenoxy) is 1. The third kappa shape index (κ3) is 4.33. The highest BCUT2D eigenvalue weighted by Crippen LogP contribution is 2.16. The van der Waals surface area contributed by atoms with E-state index in [1.54, 1.807) is 12.1 Å². The predicted molar refractivity (Wildman–Crippen MR) is 103 cm³/mol. The number of nitrogens with one attached hydrogen (secondary N) is 1. The zero-order chi connectivity index (χ0) is 18.5. The van der Waals surface area contributed by atoms with Gasteiger partial charge in [0.05, 0.1) is 6.54 Å². The Labute approximate surface area is 154 Å². The predicted octanol–water partition coefficient (Wildman–Crippen LogP) is 4.15. The van der Waals surface area contributed by atoms with Crippen molar-refractivity contribution in [2.75, 3.05) is 0 Å². The van der Waals surface area contributed by atoms with Crippen LogP contribution in [-0.4, -0.2) is 10.5 Å². The van der Waals surface area contributed by atoms with Crippen molar-refractivity contribution in [1.82, 2.24) is 9.88 Å². The van der Waals surface area contributed by atoms with Crippen LogP contribution in [0.4, 0.5) is 0 Å². The number of aromatic nitrogens is 1. The van der Waals surface area contributed by atoms with Crippen molar-refractivity contribution in [2.24, 2.45) is 7.05 Å². The quantitative estimate of drug-likeness (QED) is 0.727. The Morgan fingerprint density at radius 3 is 2.58 bits per heavy atom. The average molecular weight is 348 g/mol. The molecule has 0 aliphatic heterocycles. The second kappa shape index (κ2) is 7.91. The lowest BCUT2D eigenvalue weighted by Crippen LogP contribution is -2.24. The van der Waals surface area contributed by atoms with E-state index in [1.165, 1.54) is 11.3 Å². The second-order valence-electron chi connectivity index (χ2n) is 6.51. The molecule has 3 aromatic rings. The summed E-state index contributed by atoms with van der Waals surface area (Å²) in [4.78, 5) is 12.4. The minimum Gasteiger partial charge on any atom is -0.489 e. The molecule has 1 N–H and O–H groups in total. The Bertz CT molecular complexity index is 912. The number of benzene rings is 2. The van der Waals surface area contributed by atoms with Gasteiger partial charge in [-0.1, -0.05) is 35.9 Å². The Morgan fingerprint density at radius 2 is 1.85 bits per heavy atom. The average Bonchev–Trinajstić information content (AvgIpc) is 2.97. The molecular weight excluding hydrogens is 324 g/mol. The Hall–Kier alpha value is -3.01. The topological polar surface area (TPSA) is 43.3 Å². The summed E-state index contributed by atoms with van der Waals surface area (Å²) < 4.78 is 7.91. The minimum absolute atomic E-state index is 0.107. The lowest BCUT2D eigenvalue weighted by molar-refractivity contribution is 0.0949. The Morgan fingerprint density at radius 1 is 1.04 bits per heavy atom. The van der Waals surface area contributed by atoms with E-state index >= 15 is 0 Å². The summed E-state index contributed by atoms with van der Waals surface area (Å²) in [5.41, 5.74) is 5.15. The Balaban J connectivity index is 1.61. The van der Waals surface area contributed by atoms with Crippen LogP contribution in [0.2, 0.25) is 0 Å². The van der Waals surface area contributed by atoms with Gasteiger partial charge in [0.15, 0.2) is 0 Å². The number of aryl methyl sites for hydroxylation is 2. The third-order valence-electron chi connectivity index (χ3n) is 4.49. The van der Waals surface area contributed by atoms with Crippen LogP contribution in [0.3, 0.4) is 0 Å². The van der Waals surface area contributed by atoms with E-state index in [0.29, 0.717) is 24.5 Å². The number of amides is 1. The van der Waals surface area contributed by atoms with Gasteiger partial charge in [0.25, 0.3) is 5.91 Å².